The first-order valence-electron chi connectivity index (χ1n) is 5.82. The van der Waals surface area contributed by atoms with Crippen molar-refractivity contribution in [2.45, 2.75) is 46.1 Å². The Balaban J connectivity index is 3.46. The van der Waals surface area contributed by atoms with Crippen LogP contribution in [0.15, 0.2) is 16.9 Å². The standard InChI is InChI=1S/C13H21NO2/c1-5-13(6-2,9-15)14-10(3)7-12(16)8-11(14)4/h7-8,15H,5-6,9H2,1-4H3. The van der Waals surface area contributed by atoms with E-state index in [9.17, 15) is 9.90 Å². The van der Waals surface area contributed by atoms with Gasteiger partial charge in [-0.3, -0.25) is 4.79 Å². The van der Waals surface area contributed by atoms with Gasteiger partial charge in [-0.15, -0.1) is 0 Å². The lowest BCUT2D eigenvalue weighted by atomic mass is 9.92. The third-order valence-corrected chi connectivity index (χ3v) is 3.49. The van der Waals surface area contributed by atoms with Gasteiger partial charge in [0, 0.05) is 23.5 Å². The van der Waals surface area contributed by atoms with Gasteiger partial charge < -0.3 is 9.67 Å². The van der Waals surface area contributed by atoms with E-state index >= 15 is 0 Å². The summed E-state index contributed by atoms with van der Waals surface area (Å²) < 4.78 is 2.09. The van der Waals surface area contributed by atoms with E-state index in [1.54, 1.807) is 12.1 Å². The summed E-state index contributed by atoms with van der Waals surface area (Å²) in [6, 6.07) is 3.26. The van der Waals surface area contributed by atoms with E-state index in [0.717, 1.165) is 24.2 Å². The zero-order valence-corrected chi connectivity index (χ0v) is 10.6. The molecule has 0 aliphatic heterocycles. The van der Waals surface area contributed by atoms with E-state index in [-0.39, 0.29) is 17.6 Å². The third-order valence-electron chi connectivity index (χ3n) is 3.49. The Labute approximate surface area is 96.7 Å². The average molecular weight is 223 g/mol. The van der Waals surface area contributed by atoms with E-state index in [2.05, 4.69) is 18.4 Å². The second-order valence-electron chi connectivity index (χ2n) is 4.40. The smallest absolute Gasteiger partial charge is 0.182 e. The Morgan fingerprint density at radius 3 is 1.94 bits per heavy atom. The minimum atomic E-state index is -0.276. The highest BCUT2D eigenvalue weighted by atomic mass is 16.3. The van der Waals surface area contributed by atoms with Gasteiger partial charge in [0.25, 0.3) is 0 Å². The second kappa shape index (κ2) is 4.83. The topological polar surface area (TPSA) is 42.2 Å². The number of aryl methyl sites for hydroxylation is 2. The highest BCUT2D eigenvalue weighted by molar-refractivity contribution is 5.16. The molecule has 16 heavy (non-hydrogen) atoms. The molecule has 1 rings (SSSR count). The summed E-state index contributed by atoms with van der Waals surface area (Å²) in [6.07, 6.45) is 1.70. The maximum absolute atomic E-state index is 11.4. The van der Waals surface area contributed by atoms with Crippen LogP contribution in [0.25, 0.3) is 0 Å². The van der Waals surface area contributed by atoms with Crippen molar-refractivity contribution in [3.63, 3.8) is 0 Å². The Morgan fingerprint density at radius 1 is 1.19 bits per heavy atom. The number of nitrogens with zero attached hydrogens (tertiary/aromatic N) is 1. The van der Waals surface area contributed by atoms with Gasteiger partial charge in [0.1, 0.15) is 0 Å². The van der Waals surface area contributed by atoms with Crippen molar-refractivity contribution in [1.82, 2.24) is 4.57 Å². The molecule has 3 nitrogen and oxygen atoms in total. The summed E-state index contributed by atoms with van der Waals surface area (Å²) in [5.74, 6) is 0. The van der Waals surface area contributed by atoms with Gasteiger partial charge in [0.15, 0.2) is 5.43 Å². The van der Waals surface area contributed by atoms with Crippen LogP contribution in [0.2, 0.25) is 0 Å². The van der Waals surface area contributed by atoms with Gasteiger partial charge in [0.2, 0.25) is 0 Å². The summed E-state index contributed by atoms with van der Waals surface area (Å²) in [6.45, 7) is 8.08. The fraction of sp³-hybridized carbons (Fsp3) is 0.615. The molecule has 1 aromatic rings. The highest BCUT2D eigenvalue weighted by Crippen LogP contribution is 2.27. The lowest BCUT2D eigenvalue weighted by molar-refractivity contribution is 0.117. The molecule has 90 valence electrons. The van der Waals surface area contributed by atoms with Gasteiger partial charge in [-0.1, -0.05) is 13.8 Å². The molecule has 0 spiro atoms. The normalized spacial score (nSPS) is 11.8. The molecule has 0 aliphatic carbocycles. The Kier molecular flexibility index (Phi) is 3.92. The number of hydrogen-bond donors (Lipinski definition) is 1. The van der Waals surface area contributed by atoms with E-state index in [0.29, 0.717) is 0 Å². The Hall–Kier alpha value is -1.09. The van der Waals surface area contributed by atoms with Gasteiger partial charge >= 0.3 is 0 Å². The average Bonchev–Trinajstić information content (AvgIpc) is 2.23. The van der Waals surface area contributed by atoms with Crippen LogP contribution in [-0.2, 0) is 5.54 Å². The number of pyridine rings is 1. The van der Waals surface area contributed by atoms with Gasteiger partial charge in [0.05, 0.1) is 12.1 Å². The molecule has 0 fully saturated rings. The fourth-order valence-electron chi connectivity index (χ4n) is 2.47. The SMILES string of the molecule is CCC(CC)(CO)n1c(C)cc(=O)cc1C. The number of hydrogen-bond acceptors (Lipinski definition) is 2. The lowest BCUT2D eigenvalue weighted by Gasteiger charge is -2.36. The first kappa shape index (κ1) is 13.0. The largest absolute Gasteiger partial charge is 0.394 e. The van der Waals surface area contributed by atoms with Crippen molar-refractivity contribution in [1.29, 1.82) is 0 Å². The Morgan fingerprint density at radius 2 is 1.62 bits per heavy atom. The molecule has 3 heteroatoms. The van der Waals surface area contributed by atoms with Crippen LogP contribution >= 0.6 is 0 Å². The van der Waals surface area contributed by atoms with Crippen molar-refractivity contribution in [2.75, 3.05) is 6.61 Å². The predicted octanol–water partition coefficient (Wildman–Crippen LogP) is 1.97. The number of rotatable bonds is 4. The molecule has 0 radical (unpaired) electrons. The fourth-order valence-corrected chi connectivity index (χ4v) is 2.47. The highest BCUT2D eigenvalue weighted by Gasteiger charge is 2.28. The first-order valence-corrected chi connectivity index (χ1v) is 5.82. The zero-order valence-electron chi connectivity index (χ0n) is 10.6. The van der Waals surface area contributed by atoms with Gasteiger partial charge in [-0.2, -0.15) is 0 Å². The van der Waals surface area contributed by atoms with Crippen LogP contribution in [0, 0.1) is 13.8 Å². The molecule has 0 atom stereocenters. The van der Waals surface area contributed by atoms with Crippen LogP contribution in [0.4, 0.5) is 0 Å². The third kappa shape index (κ3) is 2.05. The maximum atomic E-state index is 11.4. The number of aromatic nitrogens is 1. The minimum absolute atomic E-state index is 0.0327. The lowest BCUT2D eigenvalue weighted by Crippen LogP contribution is -2.39. The minimum Gasteiger partial charge on any atom is -0.394 e. The van der Waals surface area contributed by atoms with Crippen LogP contribution < -0.4 is 5.43 Å². The van der Waals surface area contributed by atoms with E-state index < -0.39 is 0 Å². The Bertz CT molecular complexity index is 382. The molecule has 0 bridgehead atoms. The second-order valence-corrected chi connectivity index (χ2v) is 4.40. The summed E-state index contributed by atoms with van der Waals surface area (Å²) in [5.41, 5.74) is 1.60. The molecule has 0 amide bonds. The van der Waals surface area contributed by atoms with E-state index in [4.69, 9.17) is 0 Å². The molecular weight excluding hydrogens is 202 g/mol. The van der Waals surface area contributed by atoms with Gasteiger partial charge in [-0.25, -0.2) is 0 Å². The van der Waals surface area contributed by atoms with Crippen LogP contribution in [0.5, 0.6) is 0 Å². The molecular formula is C13H21NO2. The molecule has 0 aromatic carbocycles. The zero-order chi connectivity index (χ0) is 12.3. The quantitative estimate of drug-likeness (QED) is 0.848. The summed E-state index contributed by atoms with van der Waals surface area (Å²) >= 11 is 0. The van der Waals surface area contributed by atoms with Crippen molar-refractivity contribution in [3.8, 4) is 0 Å². The van der Waals surface area contributed by atoms with Crippen molar-refractivity contribution in [2.24, 2.45) is 0 Å². The first-order chi connectivity index (χ1) is 7.50. The molecule has 0 saturated carbocycles. The molecule has 1 N–H and O–H groups in total. The molecule has 0 unspecified atom stereocenters. The molecule has 0 aliphatic rings. The summed E-state index contributed by atoms with van der Waals surface area (Å²) in [5, 5.41) is 9.65. The maximum Gasteiger partial charge on any atom is 0.182 e. The van der Waals surface area contributed by atoms with Crippen LogP contribution in [-0.4, -0.2) is 16.3 Å². The van der Waals surface area contributed by atoms with Crippen LogP contribution in [0.1, 0.15) is 38.1 Å². The van der Waals surface area contributed by atoms with E-state index in [1.165, 1.54) is 0 Å². The summed E-state index contributed by atoms with van der Waals surface area (Å²) in [4.78, 5) is 11.4. The molecule has 1 aromatic heterocycles. The van der Waals surface area contributed by atoms with Gasteiger partial charge in [-0.05, 0) is 26.7 Å². The monoisotopic (exact) mass is 223 g/mol. The van der Waals surface area contributed by atoms with Crippen molar-refractivity contribution in [3.05, 3.63) is 33.7 Å². The number of aliphatic hydroxyl groups excluding tert-OH is 1. The summed E-state index contributed by atoms with van der Waals surface area (Å²) in [7, 11) is 0. The van der Waals surface area contributed by atoms with Crippen molar-refractivity contribution >= 4 is 0 Å². The van der Waals surface area contributed by atoms with Crippen LogP contribution in [0.3, 0.4) is 0 Å². The molecule has 1 heterocycles. The number of aliphatic hydroxyl groups is 1. The van der Waals surface area contributed by atoms with E-state index in [1.807, 2.05) is 13.8 Å². The van der Waals surface area contributed by atoms with Crippen molar-refractivity contribution < 1.29 is 5.11 Å². The molecule has 0 saturated heterocycles. The predicted molar refractivity (Wildman–Crippen MR) is 65.8 cm³/mol.